The van der Waals surface area contributed by atoms with Crippen LogP contribution in [0.2, 0.25) is 0 Å². The molecule has 0 saturated heterocycles. The van der Waals surface area contributed by atoms with Crippen molar-refractivity contribution >= 4 is 11.3 Å². The molecule has 0 saturated carbocycles. The molecule has 0 radical (unpaired) electrons. The molecule has 0 aliphatic heterocycles. The fourth-order valence-corrected chi connectivity index (χ4v) is 4.07. The van der Waals surface area contributed by atoms with Crippen LogP contribution >= 0.6 is 11.3 Å². The first-order valence-corrected chi connectivity index (χ1v) is 11.8. The second kappa shape index (κ2) is 10.3. The molecule has 4 aromatic rings. The average molecular weight is 484 g/mol. The summed E-state index contributed by atoms with van der Waals surface area (Å²) in [5.74, 6) is 1.38. The molecule has 0 atom stereocenters. The van der Waals surface area contributed by atoms with Gasteiger partial charge in [0, 0.05) is 16.5 Å². The highest BCUT2D eigenvalue weighted by Crippen LogP contribution is 2.35. The number of hydrogen-bond acceptors (Lipinski definition) is 4. The lowest BCUT2D eigenvalue weighted by Gasteiger charge is -2.16. The van der Waals surface area contributed by atoms with Crippen LogP contribution in [0.4, 0.5) is 13.2 Å². The van der Waals surface area contributed by atoms with Gasteiger partial charge < -0.3 is 9.47 Å². The van der Waals surface area contributed by atoms with Crippen LogP contribution in [0.5, 0.6) is 11.5 Å². The molecule has 0 fully saturated rings. The van der Waals surface area contributed by atoms with Crippen molar-refractivity contribution in [1.29, 1.82) is 0 Å². The number of ether oxygens (including phenoxy) is 2. The largest absolute Gasteiger partial charge is 0.493 e. The van der Waals surface area contributed by atoms with Crippen molar-refractivity contribution in [3.05, 3.63) is 88.2 Å². The second-order valence-electron chi connectivity index (χ2n) is 7.91. The number of aryl methyl sites for hydroxylation is 1. The summed E-state index contributed by atoms with van der Waals surface area (Å²) in [4.78, 5) is 4.41. The molecule has 1 heterocycles. The zero-order chi connectivity index (χ0) is 24.1. The topological polar surface area (TPSA) is 31.4 Å². The van der Waals surface area contributed by atoms with Crippen LogP contribution in [0.3, 0.4) is 0 Å². The summed E-state index contributed by atoms with van der Waals surface area (Å²) in [5, 5.41) is 1.98. The fourth-order valence-electron chi connectivity index (χ4n) is 3.52. The van der Waals surface area contributed by atoms with Crippen LogP contribution in [-0.4, -0.2) is 11.6 Å². The van der Waals surface area contributed by atoms with Crippen LogP contribution in [0, 0.1) is 6.92 Å². The van der Waals surface area contributed by atoms with Gasteiger partial charge in [0.2, 0.25) is 0 Å². The molecule has 0 N–H and O–H groups in total. The minimum Gasteiger partial charge on any atom is -0.493 e. The highest BCUT2D eigenvalue weighted by Gasteiger charge is 2.30. The molecule has 0 amide bonds. The van der Waals surface area contributed by atoms with Gasteiger partial charge in [-0.25, -0.2) is 4.98 Å². The Labute approximate surface area is 200 Å². The number of nitrogens with zero attached hydrogens (tertiary/aromatic N) is 1. The number of benzene rings is 3. The predicted octanol–water partition coefficient (Wildman–Crippen LogP) is 8.17. The molecule has 0 spiro atoms. The van der Waals surface area contributed by atoms with Crippen LogP contribution < -0.4 is 9.47 Å². The van der Waals surface area contributed by atoms with Crippen LogP contribution in [0.1, 0.15) is 30.0 Å². The minimum atomic E-state index is -4.36. The van der Waals surface area contributed by atoms with Gasteiger partial charge in [0.15, 0.2) is 0 Å². The van der Waals surface area contributed by atoms with Gasteiger partial charge in [-0.2, -0.15) is 13.2 Å². The summed E-state index contributed by atoms with van der Waals surface area (Å²) in [5.41, 5.74) is 6.35. The SMILES string of the molecule is CCCOc1cc(-c2ccc(C(F)(F)F)cc2)ccc1COc1ccc(C)cc1-c1cscn1. The van der Waals surface area contributed by atoms with Gasteiger partial charge in [0.25, 0.3) is 0 Å². The van der Waals surface area contributed by atoms with E-state index in [1.54, 1.807) is 5.51 Å². The summed E-state index contributed by atoms with van der Waals surface area (Å²) >= 11 is 1.53. The normalized spacial score (nSPS) is 11.4. The molecule has 3 aromatic carbocycles. The number of aromatic nitrogens is 1. The second-order valence-corrected chi connectivity index (χ2v) is 8.63. The summed E-state index contributed by atoms with van der Waals surface area (Å²) in [6.07, 6.45) is -3.53. The zero-order valence-electron chi connectivity index (χ0n) is 18.9. The van der Waals surface area contributed by atoms with Crippen molar-refractivity contribution in [3.8, 4) is 33.9 Å². The van der Waals surface area contributed by atoms with Crippen molar-refractivity contribution in [2.24, 2.45) is 0 Å². The van der Waals surface area contributed by atoms with Crippen molar-refractivity contribution in [2.45, 2.75) is 33.1 Å². The number of hydrogen-bond donors (Lipinski definition) is 0. The van der Waals surface area contributed by atoms with E-state index in [1.165, 1.54) is 23.5 Å². The smallest absolute Gasteiger partial charge is 0.416 e. The molecule has 34 heavy (non-hydrogen) atoms. The Kier molecular flexibility index (Phi) is 7.22. The van der Waals surface area contributed by atoms with Gasteiger partial charge in [-0.1, -0.05) is 42.8 Å². The molecule has 3 nitrogen and oxygen atoms in total. The van der Waals surface area contributed by atoms with Crippen LogP contribution in [0.15, 0.2) is 71.6 Å². The molecule has 176 valence electrons. The Bertz CT molecular complexity index is 1240. The van der Waals surface area contributed by atoms with Crippen molar-refractivity contribution in [3.63, 3.8) is 0 Å². The van der Waals surface area contributed by atoms with Crippen molar-refractivity contribution in [1.82, 2.24) is 4.98 Å². The Hall–Kier alpha value is -3.32. The highest BCUT2D eigenvalue weighted by atomic mass is 32.1. The maximum Gasteiger partial charge on any atom is 0.416 e. The first kappa shape index (κ1) is 23.8. The first-order chi connectivity index (χ1) is 16.3. The Morgan fingerprint density at radius 3 is 2.32 bits per heavy atom. The van der Waals surface area contributed by atoms with E-state index in [1.807, 2.05) is 55.6 Å². The fraction of sp³-hybridized carbons (Fsp3) is 0.222. The number of rotatable bonds is 8. The molecular formula is C27H24F3NO2S. The quantitative estimate of drug-likeness (QED) is 0.253. The molecule has 0 aliphatic rings. The maximum atomic E-state index is 12.9. The van der Waals surface area contributed by atoms with E-state index < -0.39 is 11.7 Å². The van der Waals surface area contributed by atoms with Gasteiger partial charge in [0.1, 0.15) is 18.1 Å². The van der Waals surface area contributed by atoms with Gasteiger partial charge in [-0.15, -0.1) is 11.3 Å². The number of alkyl halides is 3. The third-order valence-corrected chi connectivity index (χ3v) is 5.89. The molecular weight excluding hydrogens is 459 g/mol. The Morgan fingerprint density at radius 1 is 0.882 bits per heavy atom. The zero-order valence-corrected chi connectivity index (χ0v) is 19.7. The average Bonchev–Trinajstić information content (AvgIpc) is 3.36. The molecule has 1 aromatic heterocycles. The summed E-state index contributed by atoms with van der Waals surface area (Å²) in [7, 11) is 0. The molecule has 0 aliphatic carbocycles. The van der Waals surface area contributed by atoms with E-state index in [-0.39, 0.29) is 6.61 Å². The highest BCUT2D eigenvalue weighted by molar-refractivity contribution is 7.07. The van der Waals surface area contributed by atoms with E-state index in [0.717, 1.165) is 52.3 Å². The van der Waals surface area contributed by atoms with E-state index in [9.17, 15) is 13.2 Å². The van der Waals surface area contributed by atoms with Gasteiger partial charge in [0.05, 0.1) is 23.4 Å². The van der Waals surface area contributed by atoms with Crippen molar-refractivity contribution < 1.29 is 22.6 Å². The predicted molar refractivity (Wildman–Crippen MR) is 129 cm³/mol. The molecule has 0 bridgehead atoms. The van der Waals surface area contributed by atoms with Crippen molar-refractivity contribution in [2.75, 3.05) is 6.61 Å². The van der Waals surface area contributed by atoms with Crippen LogP contribution in [0.25, 0.3) is 22.4 Å². The van der Waals surface area contributed by atoms with Gasteiger partial charge in [-0.05, 0) is 54.8 Å². The molecule has 4 rings (SSSR count). The van der Waals surface area contributed by atoms with E-state index in [4.69, 9.17) is 9.47 Å². The monoisotopic (exact) mass is 483 g/mol. The van der Waals surface area contributed by atoms with Gasteiger partial charge >= 0.3 is 6.18 Å². The van der Waals surface area contributed by atoms with Crippen LogP contribution in [-0.2, 0) is 12.8 Å². The minimum absolute atomic E-state index is 0.284. The summed E-state index contributed by atoms with van der Waals surface area (Å²) < 4.78 is 50.9. The lowest BCUT2D eigenvalue weighted by atomic mass is 10.0. The lowest BCUT2D eigenvalue weighted by molar-refractivity contribution is -0.137. The number of thiazole rings is 1. The standard InChI is InChI=1S/C27H24F3NO2S/c1-3-12-32-26-14-20(19-7-9-22(10-8-19)27(28,29)30)5-6-21(26)15-33-25-11-4-18(2)13-23(25)24-16-34-17-31-24/h4-11,13-14,16-17H,3,12,15H2,1-2H3. The summed E-state index contributed by atoms with van der Waals surface area (Å²) in [6, 6.07) is 16.7. The molecule has 7 heteroatoms. The third kappa shape index (κ3) is 5.59. The maximum absolute atomic E-state index is 12.9. The van der Waals surface area contributed by atoms with E-state index in [0.29, 0.717) is 17.9 Å². The van der Waals surface area contributed by atoms with E-state index >= 15 is 0 Å². The van der Waals surface area contributed by atoms with E-state index in [2.05, 4.69) is 4.98 Å². The first-order valence-electron chi connectivity index (χ1n) is 10.9. The molecule has 0 unspecified atom stereocenters. The van der Waals surface area contributed by atoms with Gasteiger partial charge in [-0.3, -0.25) is 0 Å². The lowest BCUT2D eigenvalue weighted by Crippen LogP contribution is -2.04. The Morgan fingerprint density at radius 2 is 1.65 bits per heavy atom. The third-order valence-electron chi connectivity index (χ3n) is 5.30. The summed E-state index contributed by atoms with van der Waals surface area (Å²) in [6.45, 7) is 4.85. The Balaban J connectivity index is 1.59. The number of halogens is 3.